The number of hydrogen-bond acceptors (Lipinski definition) is 4. The molecule has 0 heterocycles. The first-order chi connectivity index (χ1) is 11.0. The Bertz CT molecular complexity index is 520. The number of thioether (sulfide) groups is 1. The fourth-order valence-electron chi connectivity index (χ4n) is 1.99. The second-order valence-corrected chi connectivity index (χ2v) is 6.38. The molecular weight excluding hydrogens is 312 g/mol. The largest absolute Gasteiger partial charge is 0.355 e. The number of nitrogens with one attached hydrogen (secondary N) is 1. The molecule has 0 spiro atoms. The van der Waals surface area contributed by atoms with Gasteiger partial charge >= 0.3 is 0 Å². The van der Waals surface area contributed by atoms with Gasteiger partial charge in [-0.05, 0) is 25.0 Å². The molecule has 1 rings (SSSR count). The molecule has 0 aliphatic carbocycles. The molecule has 126 valence electrons. The summed E-state index contributed by atoms with van der Waals surface area (Å²) in [5.41, 5.74) is 0.896. The van der Waals surface area contributed by atoms with Crippen LogP contribution >= 0.6 is 11.8 Å². The smallest absolute Gasteiger partial charge is 0.230 e. The van der Waals surface area contributed by atoms with Crippen LogP contribution in [0, 0.1) is 0 Å². The summed E-state index contributed by atoms with van der Waals surface area (Å²) in [6, 6.07) is 9.56. The minimum atomic E-state index is -0.120. The van der Waals surface area contributed by atoms with Gasteiger partial charge < -0.3 is 10.2 Å². The molecule has 1 aromatic carbocycles. The maximum atomic E-state index is 12.1. The van der Waals surface area contributed by atoms with Gasteiger partial charge in [0.25, 0.3) is 0 Å². The highest BCUT2D eigenvalue weighted by molar-refractivity contribution is 8.14. The molecule has 0 unspecified atom stereocenters. The Balaban J connectivity index is 2.09. The van der Waals surface area contributed by atoms with Crippen LogP contribution in [0.4, 0.5) is 5.69 Å². The number of amides is 2. The Kier molecular flexibility index (Phi) is 9.05. The highest BCUT2D eigenvalue weighted by atomic mass is 32.2. The second kappa shape index (κ2) is 10.8. The van der Waals surface area contributed by atoms with Crippen molar-refractivity contribution in [1.82, 2.24) is 5.32 Å². The molecule has 5 nitrogen and oxygen atoms in total. The van der Waals surface area contributed by atoms with Gasteiger partial charge in [0.2, 0.25) is 11.8 Å². The second-order valence-electron chi connectivity index (χ2n) is 5.23. The number of unbranched alkanes of at least 4 members (excludes halogenated alkanes) is 2. The summed E-state index contributed by atoms with van der Waals surface area (Å²) in [7, 11) is 1.78. The summed E-state index contributed by atoms with van der Waals surface area (Å²) in [6.45, 7) is 2.03. The average Bonchev–Trinajstić information content (AvgIpc) is 2.55. The topological polar surface area (TPSA) is 66.5 Å². The molecule has 0 atom stereocenters. The summed E-state index contributed by atoms with van der Waals surface area (Å²) >= 11 is 1.01. The summed E-state index contributed by atoms with van der Waals surface area (Å²) in [6.07, 6.45) is 3.01. The number of rotatable bonds is 9. The molecule has 23 heavy (non-hydrogen) atoms. The van der Waals surface area contributed by atoms with Crippen LogP contribution in [-0.4, -0.2) is 36.3 Å². The van der Waals surface area contributed by atoms with Crippen LogP contribution in [0.2, 0.25) is 0 Å². The lowest BCUT2D eigenvalue weighted by atomic mass is 10.1. The average molecular weight is 336 g/mol. The molecule has 0 saturated heterocycles. The van der Waals surface area contributed by atoms with Gasteiger partial charge in [-0.25, -0.2) is 0 Å². The molecule has 0 aromatic heterocycles. The Morgan fingerprint density at radius 2 is 1.78 bits per heavy atom. The molecule has 6 heteroatoms. The molecule has 0 radical (unpaired) electrons. The summed E-state index contributed by atoms with van der Waals surface area (Å²) in [5, 5.41) is 2.71. The quantitative estimate of drug-likeness (QED) is 0.704. The van der Waals surface area contributed by atoms with Gasteiger partial charge in [-0.15, -0.1) is 0 Å². The molecule has 0 fully saturated rings. The zero-order chi connectivity index (χ0) is 17.1. The Morgan fingerprint density at radius 1 is 1.09 bits per heavy atom. The van der Waals surface area contributed by atoms with Gasteiger partial charge in [0.05, 0.1) is 5.75 Å². The number of anilines is 1. The maximum Gasteiger partial charge on any atom is 0.230 e. The lowest BCUT2D eigenvalue weighted by Crippen LogP contribution is -2.27. The van der Waals surface area contributed by atoms with Crippen LogP contribution in [0.1, 0.15) is 32.6 Å². The fourth-order valence-corrected chi connectivity index (χ4v) is 2.42. The highest BCUT2D eigenvalue weighted by Crippen LogP contribution is 2.13. The van der Waals surface area contributed by atoms with E-state index >= 15 is 0 Å². The van der Waals surface area contributed by atoms with Crippen LogP contribution < -0.4 is 10.2 Å². The van der Waals surface area contributed by atoms with Gasteiger partial charge in [0.15, 0.2) is 5.12 Å². The summed E-state index contributed by atoms with van der Waals surface area (Å²) in [4.78, 5) is 35.8. The number of carbonyl (C=O) groups is 3. The van der Waals surface area contributed by atoms with E-state index < -0.39 is 0 Å². The first-order valence-corrected chi connectivity index (χ1v) is 8.71. The normalized spacial score (nSPS) is 10.2. The molecule has 0 saturated carbocycles. The zero-order valence-electron chi connectivity index (χ0n) is 13.7. The van der Waals surface area contributed by atoms with Crippen LogP contribution in [0.15, 0.2) is 30.3 Å². The first-order valence-electron chi connectivity index (χ1n) is 7.72. The minimum Gasteiger partial charge on any atom is -0.355 e. The Labute approximate surface area is 141 Å². The lowest BCUT2D eigenvalue weighted by molar-refractivity contribution is -0.119. The molecule has 1 aromatic rings. The molecule has 1 N–H and O–H groups in total. The van der Waals surface area contributed by atoms with Crippen molar-refractivity contribution < 1.29 is 14.4 Å². The Morgan fingerprint density at radius 3 is 2.43 bits per heavy atom. The van der Waals surface area contributed by atoms with Crippen molar-refractivity contribution in [2.45, 2.75) is 32.6 Å². The van der Waals surface area contributed by atoms with E-state index in [1.807, 2.05) is 30.3 Å². The Hall–Kier alpha value is -1.82. The van der Waals surface area contributed by atoms with E-state index in [0.717, 1.165) is 36.7 Å². The van der Waals surface area contributed by atoms with E-state index in [-0.39, 0.29) is 22.7 Å². The third-order valence-corrected chi connectivity index (χ3v) is 4.13. The molecule has 2 amide bonds. The van der Waals surface area contributed by atoms with Crippen LogP contribution in [0.3, 0.4) is 0 Å². The predicted octanol–water partition coefficient (Wildman–Crippen LogP) is 2.61. The van der Waals surface area contributed by atoms with Crippen molar-refractivity contribution in [3.63, 3.8) is 0 Å². The van der Waals surface area contributed by atoms with E-state index in [1.54, 1.807) is 11.9 Å². The van der Waals surface area contributed by atoms with Gasteiger partial charge in [-0.3, -0.25) is 14.4 Å². The van der Waals surface area contributed by atoms with Crippen LogP contribution in [-0.2, 0) is 14.4 Å². The minimum absolute atomic E-state index is 0.0544. The van der Waals surface area contributed by atoms with Crippen molar-refractivity contribution in [3.8, 4) is 0 Å². The van der Waals surface area contributed by atoms with Gasteiger partial charge in [-0.1, -0.05) is 36.4 Å². The van der Waals surface area contributed by atoms with Gasteiger partial charge in [0, 0.05) is 32.6 Å². The first kappa shape index (κ1) is 19.2. The summed E-state index contributed by atoms with van der Waals surface area (Å²) in [5.74, 6) is 0.151. The molecule has 0 aliphatic rings. The van der Waals surface area contributed by atoms with Crippen molar-refractivity contribution in [1.29, 1.82) is 0 Å². The van der Waals surface area contributed by atoms with E-state index in [4.69, 9.17) is 0 Å². The van der Waals surface area contributed by atoms with Crippen LogP contribution in [0.5, 0.6) is 0 Å². The summed E-state index contributed by atoms with van der Waals surface area (Å²) < 4.78 is 0. The molecule has 0 bridgehead atoms. The molecular formula is C17H24N2O3S. The molecule has 0 aliphatic heterocycles. The van der Waals surface area contributed by atoms with Crippen molar-refractivity contribution >= 4 is 34.4 Å². The third kappa shape index (κ3) is 8.40. The number of hydrogen-bond donors (Lipinski definition) is 1. The van der Waals surface area contributed by atoms with Crippen LogP contribution in [0.25, 0.3) is 0 Å². The van der Waals surface area contributed by atoms with Crippen molar-refractivity contribution in [2.24, 2.45) is 0 Å². The van der Waals surface area contributed by atoms with Crippen molar-refractivity contribution in [3.05, 3.63) is 30.3 Å². The van der Waals surface area contributed by atoms with E-state index in [1.165, 1.54) is 6.92 Å². The zero-order valence-corrected chi connectivity index (χ0v) is 14.5. The number of benzene rings is 1. The maximum absolute atomic E-state index is 12.1. The van der Waals surface area contributed by atoms with E-state index in [9.17, 15) is 14.4 Å². The number of nitrogens with zero attached hydrogens (tertiary/aromatic N) is 1. The standard InChI is InChI=1S/C17H24N2O3S/c1-14(20)23-13-16(21)18-12-8-4-7-11-17(22)19(2)15-9-5-3-6-10-15/h3,5-6,9-10H,4,7-8,11-13H2,1-2H3,(H,18,21). The SMILES string of the molecule is CC(=O)SCC(=O)NCCCCCC(=O)N(C)c1ccccc1. The van der Waals surface area contributed by atoms with Gasteiger partial charge in [-0.2, -0.15) is 0 Å². The van der Waals surface area contributed by atoms with Gasteiger partial charge in [0.1, 0.15) is 0 Å². The van der Waals surface area contributed by atoms with E-state index in [2.05, 4.69) is 5.32 Å². The predicted molar refractivity (Wildman–Crippen MR) is 94.5 cm³/mol. The highest BCUT2D eigenvalue weighted by Gasteiger charge is 2.09. The number of para-hydroxylation sites is 1. The number of carbonyl (C=O) groups excluding carboxylic acids is 3. The lowest BCUT2D eigenvalue weighted by Gasteiger charge is -2.17. The fraction of sp³-hybridized carbons (Fsp3) is 0.471. The third-order valence-electron chi connectivity index (χ3n) is 3.31. The monoisotopic (exact) mass is 336 g/mol. The van der Waals surface area contributed by atoms with E-state index in [0.29, 0.717) is 13.0 Å². The van der Waals surface area contributed by atoms with Crippen molar-refractivity contribution in [2.75, 3.05) is 24.2 Å².